The summed E-state index contributed by atoms with van der Waals surface area (Å²) in [5, 5.41) is 3.94. The molecule has 8 heteroatoms. The first-order chi connectivity index (χ1) is 12.5. The fourth-order valence-electron chi connectivity index (χ4n) is 3.75. The Bertz CT molecular complexity index is 844. The number of hydrazone groups is 1. The summed E-state index contributed by atoms with van der Waals surface area (Å²) in [7, 11) is -3.65. The second-order valence-electron chi connectivity index (χ2n) is 8.64. The Morgan fingerprint density at radius 2 is 1.93 bits per heavy atom. The second-order valence-corrected chi connectivity index (χ2v) is 10.3. The van der Waals surface area contributed by atoms with Crippen LogP contribution in [-0.2, 0) is 14.8 Å². The van der Waals surface area contributed by atoms with Crippen LogP contribution in [0.4, 0.5) is 4.79 Å². The largest absolute Gasteiger partial charge is 0.444 e. The van der Waals surface area contributed by atoms with Gasteiger partial charge in [-0.2, -0.15) is 13.5 Å². The minimum absolute atomic E-state index is 0.141. The van der Waals surface area contributed by atoms with Crippen LogP contribution in [0.5, 0.6) is 0 Å². The summed E-state index contributed by atoms with van der Waals surface area (Å²) in [4.78, 5) is 16.2. The van der Waals surface area contributed by atoms with Crippen LogP contribution in [0.15, 0.2) is 34.3 Å². The minimum atomic E-state index is -3.65. The third-order valence-electron chi connectivity index (χ3n) is 4.94. The van der Waals surface area contributed by atoms with Crippen molar-refractivity contribution >= 4 is 22.3 Å². The Morgan fingerprint density at radius 1 is 1.30 bits per heavy atom. The number of hydrogen-bond donors (Lipinski definition) is 1. The smallest absolute Gasteiger partial charge is 0.410 e. The molecule has 0 unspecified atom stereocenters. The highest BCUT2D eigenvalue weighted by molar-refractivity contribution is 7.89. The Hall–Kier alpha value is -2.09. The number of likely N-dealkylation sites (tertiary alicyclic amines) is 1. The standard InChI is InChI=1S/C19H27N3O4S/c1-14-7-5-6-8-16(14)27(24,25)21-20-11-15-9-19(10-15)12-22(13-19)17(23)26-18(2,3)4/h5-8,11,15,21H,9-10,12-13H2,1-4H3/b20-11+. The summed E-state index contributed by atoms with van der Waals surface area (Å²) in [6.45, 7) is 8.71. The van der Waals surface area contributed by atoms with Gasteiger partial charge in [-0.05, 0) is 58.1 Å². The van der Waals surface area contributed by atoms with Crippen LogP contribution in [0, 0.1) is 18.3 Å². The first kappa shape index (κ1) is 19.7. The maximum absolute atomic E-state index is 12.3. The molecular formula is C19H27N3O4S. The maximum Gasteiger partial charge on any atom is 0.410 e. The molecule has 1 saturated carbocycles. The summed E-state index contributed by atoms with van der Waals surface area (Å²) >= 11 is 0. The molecule has 7 nitrogen and oxygen atoms in total. The highest BCUT2D eigenvalue weighted by atomic mass is 32.2. The van der Waals surface area contributed by atoms with Gasteiger partial charge >= 0.3 is 6.09 Å². The molecule has 2 fully saturated rings. The third-order valence-corrected chi connectivity index (χ3v) is 6.32. The molecule has 27 heavy (non-hydrogen) atoms. The number of sulfonamides is 1. The van der Waals surface area contributed by atoms with Crippen LogP contribution in [0.2, 0.25) is 0 Å². The maximum atomic E-state index is 12.3. The molecule has 0 bridgehead atoms. The van der Waals surface area contributed by atoms with E-state index in [0.717, 1.165) is 12.8 Å². The van der Waals surface area contributed by atoms with Gasteiger partial charge in [0.05, 0.1) is 4.90 Å². The topological polar surface area (TPSA) is 88.1 Å². The van der Waals surface area contributed by atoms with E-state index < -0.39 is 15.6 Å². The predicted octanol–water partition coefficient (Wildman–Crippen LogP) is 2.91. The number of carbonyl (C=O) groups excluding carboxylic acids is 1. The molecule has 1 aliphatic carbocycles. The molecule has 148 valence electrons. The Balaban J connectivity index is 1.45. The van der Waals surface area contributed by atoms with E-state index in [1.54, 1.807) is 42.3 Å². The van der Waals surface area contributed by atoms with Crippen molar-refractivity contribution in [2.75, 3.05) is 13.1 Å². The Labute approximate surface area is 160 Å². The molecule has 1 aromatic carbocycles. The fourth-order valence-corrected chi connectivity index (χ4v) is 4.80. The van der Waals surface area contributed by atoms with Crippen molar-refractivity contribution in [3.63, 3.8) is 0 Å². The molecule has 1 aromatic rings. The molecule has 2 aliphatic rings. The molecular weight excluding hydrogens is 366 g/mol. The zero-order valence-electron chi connectivity index (χ0n) is 16.2. The predicted molar refractivity (Wildman–Crippen MR) is 103 cm³/mol. The van der Waals surface area contributed by atoms with Gasteiger partial charge in [-0.25, -0.2) is 9.63 Å². The highest BCUT2D eigenvalue weighted by Crippen LogP contribution is 2.51. The molecule has 3 rings (SSSR count). The highest BCUT2D eigenvalue weighted by Gasteiger charge is 2.53. The zero-order chi connectivity index (χ0) is 19.9. The number of nitrogens with one attached hydrogen (secondary N) is 1. The van der Waals surface area contributed by atoms with Gasteiger partial charge in [-0.15, -0.1) is 0 Å². The van der Waals surface area contributed by atoms with Crippen molar-refractivity contribution in [2.24, 2.45) is 16.4 Å². The van der Waals surface area contributed by atoms with Crippen molar-refractivity contribution in [1.82, 2.24) is 9.73 Å². The monoisotopic (exact) mass is 393 g/mol. The number of aryl methyl sites for hydroxylation is 1. The lowest BCUT2D eigenvalue weighted by Crippen LogP contribution is -2.64. The quantitative estimate of drug-likeness (QED) is 0.629. The van der Waals surface area contributed by atoms with E-state index in [0.29, 0.717) is 18.7 Å². The number of benzene rings is 1. The van der Waals surface area contributed by atoms with Crippen molar-refractivity contribution in [1.29, 1.82) is 0 Å². The molecule has 1 saturated heterocycles. The summed E-state index contributed by atoms with van der Waals surface area (Å²) in [5.74, 6) is 0.227. The number of hydrogen-bond acceptors (Lipinski definition) is 5. The first-order valence-electron chi connectivity index (χ1n) is 9.08. The van der Waals surface area contributed by atoms with Gasteiger partial charge in [0.2, 0.25) is 0 Å². The number of amides is 1. The molecule has 0 radical (unpaired) electrons. The molecule has 1 spiro atoms. The normalized spacial score (nSPS) is 19.6. The lowest BCUT2D eigenvalue weighted by molar-refractivity contribution is -0.0805. The van der Waals surface area contributed by atoms with Gasteiger partial charge in [-0.1, -0.05) is 18.2 Å². The van der Waals surface area contributed by atoms with Gasteiger partial charge in [0.25, 0.3) is 10.0 Å². The van der Waals surface area contributed by atoms with E-state index in [9.17, 15) is 13.2 Å². The first-order valence-corrected chi connectivity index (χ1v) is 10.6. The number of rotatable bonds is 4. The second kappa shape index (κ2) is 6.82. The summed E-state index contributed by atoms with van der Waals surface area (Å²) in [6.07, 6.45) is 3.21. The van der Waals surface area contributed by atoms with Crippen LogP contribution in [0.25, 0.3) is 0 Å². The van der Waals surface area contributed by atoms with Crippen LogP contribution in [-0.4, -0.2) is 44.3 Å². The van der Waals surface area contributed by atoms with E-state index in [-0.39, 0.29) is 22.3 Å². The minimum Gasteiger partial charge on any atom is -0.444 e. The number of nitrogens with zero attached hydrogens (tertiary/aromatic N) is 2. The SMILES string of the molecule is Cc1ccccc1S(=O)(=O)N/N=C/C1CC2(C1)CN(C(=O)OC(C)(C)C)C2. The van der Waals surface area contributed by atoms with Gasteiger partial charge in [-0.3, -0.25) is 0 Å². The fraction of sp³-hybridized carbons (Fsp3) is 0.579. The van der Waals surface area contributed by atoms with E-state index in [4.69, 9.17) is 4.74 Å². The van der Waals surface area contributed by atoms with Crippen molar-refractivity contribution in [3.05, 3.63) is 29.8 Å². The summed E-state index contributed by atoms with van der Waals surface area (Å²) < 4.78 is 29.9. The zero-order valence-corrected chi connectivity index (χ0v) is 17.0. The lowest BCUT2D eigenvalue weighted by Gasteiger charge is -2.58. The van der Waals surface area contributed by atoms with E-state index >= 15 is 0 Å². The molecule has 1 amide bonds. The average molecular weight is 394 g/mol. The molecule has 1 heterocycles. The van der Waals surface area contributed by atoms with Gasteiger partial charge in [0, 0.05) is 24.7 Å². The molecule has 0 aromatic heterocycles. The molecule has 1 aliphatic heterocycles. The van der Waals surface area contributed by atoms with Gasteiger partial charge in [0.1, 0.15) is 5.60 Å². The van der Waals surface area contributed by atoms with Crippen molar-refractivity contribution in [3.8, 4) is 0 Å². The average Bonchev–Trinajstić information content (AvgIpc) is 2.45. The van der Waals surface area contributed by atoms with Crippen LogP contribution in [0.1, 0.15) is 39.2 Å². The molecule has 0 atom stereocenters. The number of carbonyl (C=O) groups is 1. The molecule has 1 N–H and O–H groups in total. The van der Waals surface area contributed by atoms with Crippen molar-refractivity contribution in [2.45, 2.75) is 51.0 Å². The van der Waals surface area contributed by atoms with Crippen LogP contribution >= 0.6 is 0 Å². The number of ether oxygens (including phenoxy) is 1. The Kier molecular flexibility index (Phi) is 4.96. The van der Waals surface area contributed by atoms with E-state index in [1.807, 2.05) is 20.8 Å². The van der Waals surface area contributed by atoms with Gasteiger partial charge in [0.15, 0.2) is 0 Å². The lowest BCUT2D eigenvalue weighted by atomic mass is 9.58. The van der Waals surface area contributed by atoms with Crippen molar-refractivity contribution < 1.29 is 17.9 Å². The Morgan fingerprint density at radius 3 is 2.52 bits per heavy atom. The van der Waals surface area contributed by atoms with E-state index in [1.165, 1.54) is 0 Å². The van der Waals surface area contributed by atoms with E-state index in [2.05, 4.69) is 9.93 Å². The third kappa shape index (κ3) is 4.43. The summed E-state index contributed by atoms with van der Waals surface area (Å²) in [5.41, 5.74) is 0.338. The van der Waals surface area contributed by atoms with Crippen LogP contribution in [0.3, 0.4) is 0 Å². The van der Waals surface area contributed by atoms with Crippen LogP contribution < -0.4 is 4.83 Å². The van der Waals surface area contributed by atoms with Gasteiger partial charge < -0.3 is 9.64 Å². The summed E-state index contributed by atoms with van der Waals surface area (Å²) in [6, 6.07) is 6.80.